The zero-order chi connectivity index (χ0) is 29.9. The molecule has 10 heteroatoms. The van der Waals surface area contributed by atoms with E-state index in [2.05, 4.69) is 20.9 Å². The molecule has 2 amide bonds. The molecule has 1 heterocycles. The number of aromatic nitrogens is 2. The van der Waals surface area contributed by atoms with Crippen molar-refractivity contribution >= 4 is 29.2 Å². The number of hydrogen-bond donors (Lipinski definition) is 3. The van der Waals surface area contributed by atoms with E-state index in [9.17, 15) is 18.4 Å². The van der Waals surface area contributed by atoms with Crippen molar-refractivity contribution in [2.24, 2.45) is 0 Å². The Morgan fingerprint density at radius 3 is 2.60 bits per heavy atom. The molecule has 1 aliphatic carbocycles. The predicted molar refractivity (Wildman–Crippen MR) is 158 cm³/mol. The molecule has 4 aromatic rings. The van der Waals surface area contributed by atoms with Gasteiger partial charge in [0.2, 0.25) is 11.8 Å². The zero-order valence-corrected chi connectivity index (χ0v) is 24.1. The number of carbonyl (C=O) groups excluding carboxylic acids is 2. The lowest BCUT2D eigenvalue weighted by Gasteiger charge is -2.30. The molecular formula is C32H32ClF2N5O2. The molecular weight excluding hydrogens is 560 g/mol. The fourth-order valence-corrected chi connectivity index (χ4v) is 5.38. The zero-order valence-electron chi connectivity index (χ0n) is 23.3. The number of nitrogens with zero attached hydrogens (tertiary/aromatic N) is 2. The molecule has 0 radical (unpaired) electrons. The third-order valence-electron chi connectivity index (χ3n) is 7.70. The summed E-state index contributed by atoms with van der Waals surface area (Å²) in [5.74, 6) is -1.46. The summed E-state index contributed by atoms with van der Waals surface area (Å²) in [5.41, 5.74) is 1.67. The minimum Gasteiger partial charge on any atom is -0.350 e. The van der Waals surface area contributed by atoms with E-state index < -0.39 is 23.2 Å². The summed E-state index contributed by atoms with van der Waals surface area (Å²) in [7, 11) is 0. The van der Waals surface area contributed by atoms with Crippen molar-refractivity contribution in [3.05, 3.63) is 118 Å². The number of carbonyl (C=O) groups is 2. The minimum absolute atomic E-state index is 0.202. The maximum atomic E-state index is 14.5. The van der Waals surface area contributed by atoms with E-state index in [0.717, 1.165) is 17.2 Å². The standard InChI is InChI=1S/C32H32ClF2N5O2/c1-32(2,31(42)36-17-22-10-6-7-11-26(22)33)40-18-28(37-19-40)39-30(41)29(20-8-4-3-5-9-20)38-24-13-12-21-14-23(34)15-27(35)25(21)16-24/h3-11,14-15,18-19,24,29,38H,12-13,16-17H2,1-2H3,(H,36,42)(H,39,41)/t24?,29-/m0/s1. The van der Waals surface area contributed by atoms with Crippen LogP contribution < -0.4 is 16.0 Å². The van der Waals surface area contributed by atoms with Gasteiger partial charge in [0, 0.05) is 29.9 Å². The first-order chi connectivity index (χ1) is 20.1. The number of anilines is 1. The normalized spacial score (nSPS) is 15.5. The van der Waals surface area contributed by atoms with E-state index in [-0.39, 0.29) is 30.2 Å². The highest BCUT2D eigenvalue weighted by molar-refractivity contribution is 6.31. The van der Waals surface area contributed by atoms with Gasteiger partial charge in [-0.25, -0.2) is 13.8 Å². The van der Waals surface area contributed by atoms with Crippen LogP contribution in [0.15, 0.2) is 79.3 Å². The van der Waals surface area contributed by atoms with Gasteiger partial charge in [-0.1, -0.05) is 60.1 Å². The van der Waals surface area contributed by atoms with Crippen molar-refractivity contribution in [2.45, 2.75) is 57.3 Å². The topological polar surface area (TPSA) is 88.1 Å². The van der Waals surface area contributed by atoms with Gasteiger partial charge in [-0.15, -0.1) is 0 Å². The van der Waals surface area contributed by atoms with Gasteiger partial charge in [0.25, 0.3) is 0 Å². The fraction of sp³-hybridized carbons (Fsp3) is 0.281. The highest BCUT2D eigenvalue weighted by Gasteiger charge is 2.31. The van der Waals surface area contributed by atoms with Gasteiger partial charge in [0.05, 0.1) is 6.33 Å². The lowest BCUT2D eigenvalue weighted by Crippen LogP contribution is -2.43. The van der Waals surface area contributed by atoms with E-state index in [1.807, 2.05) is 48.5 Å². The van der Waals surface area contributed by atoms with Gasteiger partial charge < -0.3 is 15.2 Å². The number of nitrogens with one attached hydrogen (secondary N) is 3. The van der Waals surface area contributed by atoms with Crippen LogP contribution in [0.2, 0.25) is 5.02 Å². The number of aryl methyl sites for hydroxylation is 1. The molecule has 0 aliphatic heterocycles. The fourth-order valence-electron chi connectivity index (χ4n) is 5.18. The maximum Gasteiger partial charge on any atom is 0.247 e. The summed E-state index contributed by atoms with van der Waals surface area (Å²) in [6.45, 7) is 3.78. The second-order valence-corrected chi connectivity index (χ2v) is 11.4. The summed E-state index contributed by atoms with van der Waals surface area (Å²) < 4.78 is 29.9. The van der Waals surface area contributed by atoms with Gasteiger partial charge in [-0.2, -0.15) is 0 Å². The van der Waals surface area contributed by atoms with Crippen LogP contribution in [-0.2, 0) is 34.5 Å². The molecule has 42 heavy (non-hydrogen) atoms. The predicted octanol–water partition coefficient (Wildman–Crippen LogP) is 5.69. The van der Waals surface area contributed by atoms with Gasteiger partial charge in [-0.05, 0) is 67.5 Å². The van der Waals surface area contributed by atoms with Crippen LogP contribution in [-0.4, -0.2) is 27.4 Å². The molecule has 0 saturated heterocycles. The van der Waals surface area contributed by atoms with Gasteiger partial charge >= 0.3 is 0 Å². The third-order valence-corrected chi connectivity index (χ3v) is 8.06. The van der Waals surface area contributed by atoms with Gasteiger partial charge in [-0.3, -0.25) is 14.9 Å². The molecule has 1 aromatic heterocycles. The molecule has 0 bridgehead atoms. The largest absolute Gasteiger partial charge is 0.350 e. The summed E-state index contributed by atoms with van der Waals surface area (Å²) >= 11 is 6.21. The quantitative estimate of drug-likeness (QED) is 0.233. The van der Waals surface area contributed by atoms with E-state index in [1.54, 1.807) is 30.7 Å². The Morgan fingerprint density at radius 1 is 1.10 bits per heavy atom. The van der Waals surface area contributed by atoms with Crippen molar-refractivity contribution in [2.75, 3.05) is 5.32 Å². The average molecular weight is 592 g/mol. The van der Waals surface area contributed by atoms with E-state index >= 15 is 0 Å². The van der Waals surface area contributed by atoms with Crippen LogP contribution in [0, 0.1) is 11.6 Å². The summed E-state index contributed by atoms with van der Waals surface area (Å²) in [4.78, 5) is 31.0. The first kappa shape index (κ1) is 29.4. The minimum atomic E-state index is -1.01. The first-order valence-corrected chi connectivity index (χ1v) is 14.1. The lowest BCUT2D eigenvalue weighted by molar-refractivity contribution is -0.128. The van der Waals surface area contributed by atoms with Crippen LogP contribution in [0.5, 0.6) is 0 Å². The number of rotatable bonds is 9. The Hall–Kier alpha value is -4.08. The SMILES string of the molecule is CC(C)(C(=O)NCc1ccccc1Cl)n1cnc(NC(=O)[C@@H](NC2CCc3cc(F)cc(F)c3C2)c2ccccc2)c1. The molecule has 2 atom stereocenters. The molecule has 3 N–H and O–H groups in total. The highest BCUT2D eigenvalue weighted by atomic mass is 35.5. The van der Waals surface area contributed by atoms with Gasteiger partial charge in [0.15, 0.2) is 5.82 Å². The van der Waals surface area contributed by atoms with E-state index in [1.165, 1.54) is 12.4 Å². The molecule has 3 aromatic carbocycles. The molecule has 7 nitrogen and oxygen atoms in total. The van der Waals surface area contributed by atoms with Crippen LogP contribution >= 0.6 is 11.6 Å². The second kappa shape index (κ2) is 12.4. The van der Waals surface area contributed by atoms with Crippen LogP contribution in [0.1, 0.15) is 48.6 Å². The second-order valence-electron chi connectivity index (χ2n) is 11.0. The molecule has 5 rings (SSSR count). The Balaban J connectivity index is 1.28. The first-order valence-electron chi connectivity index (χ1n) is 13.8. The smallest absolute Gasteiger partial charge is 0.247 e. The number of imidazole rings is 1. The molecule has 0 fully saturated rings. The highest BCUT2D eigenvalue weighted by Crippen LogP contribution is 2.28. The molecule has 218 valence electrons. The Morgan fingerprint density at radius 2 is 1.83 bits per heavy atom. The third kappa shape index (κ3) is 6.53. The maximum absolute atomic E-state index is 14.5. The molecule has 0 saturated carbocycles. The number of fused-ring (bicyclic) bond motifs is 1. The molecule has 1 unspecified atom stereocenters. The number of halogens is 3. The summed E-state index contributed by atoms with van der Waals surface area (Å²) in [6.07, 6.45) is 4.57. The monoisotopic (exact) mass is 591 g/mol. The van der Waals surface area contributed by atoms with Crippen molar-refractivity contribution < 1.29 is 18.4 Å². The Labute approximate surface area is 248 Å². The Bertz CT molecular complexity index is 1590. The van der Waals surface area contributed by atoms with Crippen molar-refractivity contribution in [1.29, 1.82) is 0 Å². The average Bonchev–Trinajstić information content (AvgIpc) is 3.45. The molecule has 1 aliphatic rings. The van der Waals surface area contributed by atoms with E-state index in [4.69, 9.17) is 11.6 Å². The van der Waals surface area contributed by atoms with Crippen LogP contribution in [0.3, 0.4) is 0 Å². The van der Waals surface area contributed by atoms with Gasteiger partial charge in [0.1, 0.15) is 23.2 Å². The molecule has 0 spiro atoms. The number of hydrogen-bond acceptors (Lipinski definition) is 4. The van der Waals surface area contributed by atoms with Crippen LogP contribution in [0.4, 0.5) is 14.6 Å². The van der Waals surface area contributed by atoms with Crippen LogP contribution in [0.25, 0.3) is 0 Å². The number of amides is 2. The van der Waals surface area contributed by atoms with Crippen molar-refractivity contribution in [3.8, 4) is 0 Å². The van der Waals surface area contributed by atoms with E-state index in [0.29, 0.717) is 35.4 Å². The Kier molecular flexibility index (Phi) is 8.70. The van der Waals surface area contributed by atoms with Crippen molar-refractivity contribution in [3.63, 3.8) is 0 Å². The van der Waals surface area contributed by atoms with Crippen molar-refractivity contribution in [1.82, 2.24) is 20.2 Å². The number of benzene rings is 3. The summed E-state index contributed by atoms with van der Waals surface area (Å²) in [5, 5.41) is 9.73. The lowest BCUT2D eigenvalue weighted by atomic mass is 9.87. The summed E-state index contributed by atoms with van der Waals surface area (Å²) in [6, 6.07) is 17.9.